The Hall–Kier alpha value is -1.75. The molecular weight excluding hydrogens is 260 g/mol. The lowest BCUT2D eigenvalue weighted by atomic mass is 9.76. The van der Waals surface area contributed by atoms with Gasteiger partial charge in [0.15, 0.2) is 11.5 Å². The molecule has 0 spiro atoms. The largest absolute Gasteiger partial charge is 0.493 e. The maximum atomic E-state index is 11.7. The van der Waals surface area contributed by atoms with Gasteiger partial charge >= 0.3 is 5.97 Å². The van der Waals surface area contributed by atoms with Crippen LogP contribution in [0.1, 0.15) is 18.9 Å². The van der Waals surface area contributed by atoms with Gasteiger partial charge in [-0.25, -0.2) is 0 Å². The molecule has 1 saturated heterocycles. The second-order valence-corrected chi connectivity index (χ2v) is 5.09. The first-order valence-corrected chi connectivity index (χ1v) is 6.59. The zero-order valence-corrected chi connectivity index (χ0v) is 12.0. The fourth-order valence-corrected chi connectivity index (χ4v) is 2.72. The molecule has 1 N–H and O–H groups in total. The molecule has 1 aliphatic rings. The van der Waals surface area contributed by atoms with Gasteiger partial charge in [0.1, 0.15) is 0 Å². The van der Waals surface area contributed by atoms with Gasteiger partial charge in [-0.1, -0.05) is 6.07 Å². The zero-order valence-electron chi connectivity index (χ0n) is 12.0. The second kappa shape index (κ2) is 5.71. The Kier molecular flexibility index (Phi) is 4.18. The molecule has 110 valence electrons. The minimum atomic E-state index is -0.862. The van der Waals surface area contributed by atoms with Crippen LogP contribution in [0.5, 0.6) is 11.5 Å². The van der Waals surface area contributed by atoms with Gasteiger partial charge in [0.05, 0.1) is 25.7 Å². The van der Waals surface area contributed by atoms with Crippen LogP contribution in [0.15, 0.2) is 18.2 Å². The Bertz CT molecular complexity index is 499. The molecule has 2 rings (SSSR count). The third kappa shape index (κ3) is 2.45. The number of carboxylic acid groups (broad SMARTS) is 1. The molecule has 1 aromatic rings. The number of carboxylic acids is 1. The van der Waals surface area contributed by atoms with E-state index in [4.69, 9.17) is 14.2 Å². The Morgan fingerprint density at radius 3 is 2.60 bits per heavy atom. The van der Waals surface area contributed by atoms with E-state index in [1.54, 1.807) is 20.3 Å². The maximum absolute atomic E-state index is 11.7. The highest BCUT2D eigenvalue weighted by molar-refractivity contribution is 5.76. The molecule has 0 aliphatic carbocycles. The molecule has 2 unspecified atom stereocenters. The first-order valence-electron chi connectivity index (χ1n) is 6.59. The number of benzene rings is 1. The van der Waals surface area contributed by atoms with E-state index in [9.17, 15) is 9.90 Å². The van der Waals surface area contributed by atoms with Crippen LogP contribution in [0.4, 0.5) is 0 Å². The van der Waals surface area contributed by atoms with Gasteiger partial charge in [-0.05, 0) is 37.5 Å². The van der Waals surface area contributed by atoms with E-state index in [2.05, 4.69) is 0 Å². The Morgan fingerprint density at radius 1 is 1.40 bits per heavy atom. The Morgan fingerprint density at radius 2 is 2.10 bits per heavy atom. The quantitative estimate of drug-likeness (QED) is 0.895. The van der Waals surface area contributed by atoms with Crippen LogP contribution in [0.25, 0.3) is 0 Å². The maximum Gasteiger partial charge on any atom is 0.312 e. The van der Waals surface area contributed by atoms with E-state index < -0.39 is 11.4 Å². The molecular formula is C15H20O5. The van der Waals surface area contributed by atoms with E-state index in [-0.39, 0.29) is 6.10 Å². The Balaban J connectivity index is 2.30. The smallest absolute Gasteiger partial charge is 0.312 e. The molecule has 5 nitrogen and oxygen atoms in total. The summed E-state index contributed by atoms with van der Waals surface area (Å²) in [6.07, 6.45) is 0.648. The first-order chi connectivity index (χ1) is 9.53. The molecule has 0 amide bonds. The van der Waals surface area contributed by atoms with Crippen molar-refractivity contribution in [1.29, 1.82) is 0 Å². The lowest BCUT2D eigenvalue weighted by Crippen LogP contribution is -2.39. The van der Waals surface area contributed by atoms with Gasteiger partial charge in [-0.15, -0.1) is 0 Å². The van der Waals surface area contributed by atoms with E-state index in [1.807, 2.05) is 19.1 Å². The van der Waals surface area contributed by atoms with Crippen molar-refractivity contribution >= 4 is 5.97 Å². The van der Waals surface area contributed by atoms with Gasteiger partial charge in [-0.3, -0.25) is 4.79 Å². The molecule has 2 atom stereocenters. The highest BCUT2D eigenvalue weighted by atomic mass is 16.5. The zero-order chi connectivity index (χ0) is 14.8. The van der Waals surface area contributed by atoms with Crippen LogP contribution >= 0.6 is 0 Å². The van der Waals surface area contributed by atoms with Crippen LogP contribution in [0, 0.1) is 5.41 Å². The van der Waals surface area contributed by atoms with Gasteiger partial charge in [0.25, 0.3) is 0 Å². The fraction of sp³-hybridized carbons (Fsp3) is 0.533. The van der Waals surface area contributed by atoms with E-state index in [0.29, 0.717) is 30.9 Å². The Labute approximate surface area is 118 Å². The minimum absolute atomic E-state index is 0.298. The highest BCUT2D eigenvalue weighted by Gasteiger charge is 2.48. The topological polar surface area (TPSA) is 65.0 Å². The molecule has 0 aromatic heterocycles. The van der Waals surface area contributed by atoms with Crippen molar-refractivity contribution in [2.45, 2.75) is 25.9 Å². The first kappa shape index (κ1) is 14.7. The molecule has 0 saturated carbocycles. The van der Waals surface area contributed by atoms with Crippen molar-refractivity contribution in [1.82, 2.24) is 0 Å². The van der Waals surface area contributed by atoms with Crippen LogP contribution in [-0.4, -0.2) is 38.0 Å². The number of methoxy groups -OCH3 is 2. The van der Waals surface area contributed by atoms with Crippen LogP contribution in [0.3, 0.4) is 0 Å². The van der Waals surface area contributed by atoms with Gasteiger partial charge in [-0.2, -0.15) is 0 Å². The summed E-state index contributed by atoms with van der Waals surface area (Å²) in [5, 5.41) is 9.59. The summed E-state index contributed by atoms with van der Waals surface area (Å²) in [4.78, 5) is 11.7. The second-order valence-electron chi connectivity index (χ2n) is 5.09. The normalized spacial score (nSPS) is 25.4. The number of ether oxygens (including phenoxy) is 3. The fourth-order valence-electron chi connectivity index (χ4n) is 2.72. The third-order valence-electron chi connectivity index (χ3n) is 4.09. The summed E-state index contributed by atoms with van der Waals surface area (Å²) in [7, 11) is 3.14. The number of aliphatic carboxylic acids is 1. The van der Waals surface area contributed by atoms with Gasteiger partial charge in [0, 0.05) is 6.61 Å². The van der Waals surface area contributed by atoms with E-state index >= 15 is 0 Å². The van der Waals surface area contributed by atoms with Crippen LogP contribution in [0.2, 0.25) is 0 Å². The minimum Gasteiger partial charge on any atom is -0.493 e. The van der Waals surface area contributed by atoms with Crippen molar-refractivity contribution in [3.63, 3.8) is 0 Å². The average Bonchev–Trinajstić information content (AvgIpc) is 2.81. The molecule has 5 heteroatoms. The standard InChI is InChI=1S/C15H20O5/c1-10-15(14(16)17,6-7-20-10)9-11-4-5-12(18-2)13(8-11)19-3/h4-5,8,10H,6-7,9H2,1-3H3,(H,16,17). The summed E-state index contributed by atoms with van der Waals surface area (Å²) < 4.78 is 15.9. The predicted octanol–water partition coefficient (Wildman–Crippen LogP) is 2.13. The van der Waals surface area contributed by atoms with Crippen molar-refractivity contribution in [3.05, 3.63) is 23.8 Å². The number of rotatable bonds is 5. The van der Waals surface area contributed by atoms with Crippen molar-refractivity contribution < 1.29 is 24.1 Å². The molecule has 1 aromatic carbocycles. The molecule has 0 radical (unpaired) electrons. The predicted molar refractivity (Wildman–Crippen MR) is 73.3 cm³/mol. The summed E-state index contributed by atoms with van der Waals surface area (Å²) in [6, 6.07) is 5.50. The molecule has 20 heavy (non-hydrogen) atoms. The average molecular weight is 280 g/mol. The number of hydrogen-bond donors (Lipinski definition) is 1. The van der Waals surface area contributed by atoms with Crippen molar-refractivity contribution in [3.8, 4) is 11.5 Å². The van der Waals surface area contributed by atoms with Crippen molar-refractivity contribution in [2.24, 2.45) is 5.41 Å². The summed E-state index contributed by atoms with van der Waals surface area (Å²) in [5.41, 5.74) is 0.0435. The lowest BCUT2D eigenvalue weighted by Gasteiger charge is -2.27. The molecule has 1 aliphatic heterocycles. The van der Waals surface area contributed by atoms with Crippen LogP contribution < -0.4 is 9.47 Å². The lowest BCUT2D eigenvalue weighted by molar-refractivity contribution is -0.151. The van der Waals surface area contributed by atoms with Gasteiger partial charge < -0.3 is 19.3 Å². The monoisotopic (exact) mass is 280 g/mol. The number of carbonyl (C=O) groups is 1. The summed E-state index contributed by atoms with van der Waals surface area (Å²) in [5.74, 6) is 0.436. The third-order valence-corrected chi connectivity index (χ3v) is 4.09. The van der Waals surface area contributed by atoms with E-state index in [1.165, 1.54) is 0 Å². The SMILES string of the molecule is COc1ccc(CC2(C(=O)O)CCOC2C)cc1OC. The number of hydrogen-bond acceptors (Lipinski definition) is 4. The molecule has 1 heterocycles. The van der Waals surface area contributed by atoms with Gasteiger partial charge in [0.2, 0.25) is 0 Å². The summed E-state index contributed by atoms with van der Waals surface area (Å²) in [6.45, 7) is 2.31. The molecule has 1 fully saturated rings. The molecule has 0 bridgehead atoms. The van der Waals surface area contributed by atoms with E-state index in [0.717, 1.165) is 5.56 Å². The highest BCUT2D eigenvalue weighted by Crippen LogP contribution is 2.40. The summed E-state index contributed by atoms with van der Waals surface area (Å²) >= 11 is 0. The van der Waals surface area contributed by atoms with Crippen molar-refractivity contribution in [2.75, 3.05) is 20.8 Å². The van der Waals surface area contributed by atoms with Crippen LogP contribution in [-0.2, 0) is 16.0 Å².